The van der Waals surface area contributed by atoms with E-state index in [-0.39, 0.29) is 0 Å². The van der Waals surface area contributed by atoms with Crippen molar-refractivity contribution in [2.75, 3.05) is 6.54 Å². The molecule has 0 heterocycles. The Morgan fingerprint density at radius 1 is 1.06 bits per heavy atom. The molecule has 1 aliphatic carbocycles. The highest BCUT2D eigenvalue weighted by Gasteiger charge is 2.38. The Kier molecular flexibility index (Phi) is 3.11. The number of rotatable bonds is 3. The molecule has 0 radical (unpaired) electrons. The summed E-state index contributed by atoms with van der Waals surface area (Å²) in [7, 11) is 0. The van der Waals surface area contributed by atoms with Crippen LogP contribution in [0, 0.1) is 5.92 Å². The van der Waals surface area contributed by atoms with Crippen LogP contribution in [0.15, 0.2) is 48.5 Å². The van der Waals surface area contributed by atoms with Gasteiger partial charge in [-0.05, 0) is 53.6 Å². The molecular formula is C16H16ClN. The van der Waals surface area contributed by atoms with E-state index in [0.717, 1.165) is 11.6 Å². The fraction of sp³-hybridized carbons (Fsp3) is 0.250. The average Bonchev–Trinajstić information content (AvgIpc) is 3.19. The Balaban J connectivity index is 1.99. The molecule has 2 atom stereocenters. The smallest absolute Gasteiger partial charge is 0.0406 e. The summed E-state index contributed by atoms with van der Waals surface area (Å²) >= 11 is 5.94. The van der Waals surface area contributed by atoms with Crippen LogP contribution in [-0.2, 0) is 0 Å². The van der Waals surface area contributed by atoms with E-state index < -0.39 is 0 Å². The molecule has 1 fully saturated rings. The lowest BCUT2D eigenvalue weighted by molar-refractivity contribution is 0.810. The minimum absolute atomic E-state index is 0.641. The molecule has 2 aromatic carbocycles. The third kappa shape index (κ3) is 2.16. The predicted molar refractivity (Wildman–Crippen MR) is 76.8 cm³/mol. The maximum Gasteiger partial charge on any atom is 0.0406 e. The molecule has 0 amide bonds. The summed E-state index contributed by atoms with van der Waals surface area (Å²) in [6, 6.07) is 16.7. The highest BCUT2D eigenvalue weighted by atomic mass is 35.5. The summed E-state index contributed by atoms with van der Waals surface area (Å²) < 4.78 is 0. The molecule has 2 aromatic rings. The summed E-state index contributed by atoms with van der Waals surface area (Å²) in [5, 5.41) is 0.780. The van der Waals surface area contributed by atoms with Gasteiger partial charge in [0.05, 0.1) is 0 Å². The number of hydrogen-bond donors (Lipinski definition) is 1. The summed E-state index contributed by atoms with van der Waals surface area (Å²) in [5.74, 6) is 1.31. The number of halogens is 1. The fourth-order valence-corrected chi connectivity index (χ4v) is 2.73. The van der Waals surface area contributed by atoms with Crippen molar-refractivity contribution in [2.45, 2.75) is 12.3 Å². The molecule has 2 N–H and O–H groups in total. The zero-order chi connectivity index (χ0) is 12.5. The van der Waals surface area contributed by atoms with Crippen molar-refractivity contribution in [1.82, 2.24) is 0 Å². The second-order valence-corrected chi connectivity index (χ2v) is 5.37. The molecule has 0 unspecified atom stereocenters. The number of hydrogen-bond acceptors (Lipinski definition) is 1. The van der Waals surface area contributed by atoms with E-state index in [2.05, 4.69) is 36.4 Å². The maximum absolute atomic E-state index is 5.94. The Bertz CT molecular complexity index is 547. The van der Waals surface area contributed by atoms with Crippen molar-refractivity contribution in [3.8, 4) is 11.1 Å². The van der Waals surface area contributed by atoms with Crippen molar-refractivity contribution >= 4 is 11.6 Å². The van der Waals surface area contributed by atoms with Gasteiger partial charge in [-0.25, -0.2) is 0 Å². The molecule has 1 aliphatic rings. The molecule has 1 saturated carbocycles. The largest absolute Gasteiger partial charge is 0.330 e. The molecule has 1 nitrogen and oxygen atoms in total. The molecule has 0 spiro atoms. The van der Waals surface area contributed by atoms with Crippen LogP contribution in [0.4, 0.5) is 0 Å². The molecule has 0 aromatic heterocycles. The van der Waals surface area contributed by atoms with Crippen molar-refractivity contribution in [2.24, 2.45) is 11.7 Å². The monoisotopic (exact) mass is 257 g/mol. The lowest BCUT2D eigenvalue weighted by atomic mass is 9.96. The van der Waals surface area contributed by atoms with Gasteiger partial charge in [-0.1, -0.05) is 48.0 Å². The first-order valence-corrected chi connectivity index (χ1v) is 6.72. The van der Waals surface area contributed by atoms with Crippen LogP contribution in [0.5, 0.6) is 0 Å². The van der Waals surface area contributed by atoms with E-state index in [4.69, 9.17) is 17.3 Å². The molecule has 3 rings (SSSR count). The lowest BCUT2D eigenvalue weighted by Gasteiger charge is -2.09. The SMILES string of the molecule is NC[C@@H]1C[C@H]1c1ccccc1-c1ccc(Cl)cc1. The van der Waals surface area contributed by atoms with Crippen molar-refractivity contribution in [3.05, 3.63) is 59.1 Å². The molecular weight excluding hydrogens is 242 g/mol. The van der Waals surface area contributed by atoms with Gasteiger partial charge in [0.1, 0.15) is 0 Å². The van der Waals surface area contributed by atoms with E-state index in [0.29, 0.717) is 11.8 Å². The average molecular weight is 258 g/mol. The normalized spacial score (nSPS) is 21.9. The van der Waals surface area contributed by atoms with Gasteiger partial charge in [-0.2, -0.15) is 0 Å². The maximum atomic E-state index is 5.94. The third-order valence-electron chi connectivity index (χ3n) is 3.74. The summed E-state index contributed by atoms with van der Waals surface area (Å²) in [6.07, 6.45) is 1.22. The van der Waals surface area contributed by atoms with Crippen LogP contribution in [-0.4, -0.2) is 6.54 Å². The molecule has 2 heteroatoms. The van der Waals surface area contributed by atoms with Crippen LogP contribution in [0.1, 0.15) is 17.9 Å². The van der Waals surface area contributed by atoms with Crippen LogP contribution in [0.3, 0.4) is 0 Å². The lowest BCUT2D eigenvalue weighted by Crippen LogP contribution is -2.02. The Morgan fingerprint density at radius 3 is 2.44 bits per heavy atom. The summed E-state index contributed by atoms with van der Waals surface area (Å²) in [6.45, 7) is 0.791. The molecule has 18 heavy (non-hydrogen) atoms. The third-order valence-corrected chi connectivity index (χ3v) is 3.99. The Morgan fingerprint density at radius 2 is 1.78 bits per heavy atom. The minimum atomic E-state index is 0.641. The topological polar surface area (TPSA) is 26.0 Å². The zero-order valence-corrected chi connectivity index (χ0v) is 10.9. The number of nitrogens with two attached hydrogens (primary N) is 1. The molecule has 0 saturated heterocycles. The van der Waals surface area contributed by atoms with E-state index >= 15 is 0 Å². The second-order valence-electron chi connectivity index (χ2n) is 4.93. The van der Waals surface area contributed by atoms with Gasteiger partial charge in [-0.3, -0.25) is 0 Å². The van der Waals surface area contributed by atoms with E-state index in [1.165, 1.54) is 23.1 Å². The van der Waals surface area contributed by atoms with Gasteiger partial charge in [-0.15, -0.1) is 0 Å². The Labute approximate surface area is 113 Å². The fourth-order valence-electron chi connectivity index (χ4n) is 2.60. The van der Waals surface area contributed by atoms with Gasteiger partial charge in [0.2, 0.25) is 0 Å². The van der Waals surface area contributed by atoms with Crippen LogP contribution in [0.25, 0.3) is 11.1 Å². The molecule has 0 bridgehead atoms. The van der Waals surface area contributed by atoms with Crippen molar-refractivity contribution in [1.29, 1.82) is 0 Å². The summed E-state index contributed by atoms with van der Waals surface area (Å²) in [5.41, 5.74) is 9.73. The minimum Gasteiger partial charge on any atom is -0.330 e. The first-order chi connectivity index (χ1) is 8.79. The molecule has 92 valence electrons. The van der Waals surface area contributed by atoms with Crippen molar-refractivity contribution in [3.63, 3.8) is 0 Å². The zero-order valence-electron chi connectivity index (χ0n) is 10.1. The van der Waals surface area contributed by atoms with Crippen LogP contribution >= 0.6 is 11.6 Å². The van der Waals surface area contributed by atoms with Gasteiger partial charge in [0.25, 0.3) is 0 Å². The summed E-state index contributed by atoms with van der Waals surface area (Å²) in [4.78, 5) is 0. The number of benzene rings is 2. The van der Waals surface area contributed by atoms with Gasteiger partial charge in [0, 0.05) is 5.02 Å². The van der Waals surface area contributed by atoms with Gasteiger partial charge < -0.3 is 5.73 Å². The predicted octanol–water partition coefficient (Wildman–Crippen LogP) is 4.07. The van der Waals surface area contributed by atoms with Crippen molar-refractivity contribution < 1.29 is 0 Å². The highest BCUT2D eigenvalue weighted by Crippen LogP contribution is 2.49. The molecule has 0 aliphatic heterocycles. The standard InChI is InChI=1S/C16H16ClN/c17-13-7-5-11(6-8-13)14-3-1-2-4-15(14)16-9-12(16)10-18/h1-8,12,16H,9-10,18H2/t12-,16+/m0/s1. The van der Waals surface area contributed by atoms with Crippen LogP contribution < -0.4 is 5.73 Å². The first kappa shape index (κ1) is 11.8. The van der Waals surface area contributed by atoms with E-state index in [9.17, 15) is 0 Å². The highest BCUT2D eigenvalue weighted by molar-refractivity contribution is 6.30. The second kappa shape index (κ2) is 4.75. The van der Waals surface area contributed by atoms with E-state index in [1.54, 1.807) is 0 Å². The first-order valence-electron chi connectivity index (χ1n) is 6.34. The van der Waals surface area contributed by atoms with E-state index in [1.807, 2.05) is 12.1 Å². The Hall–Kier alpha value is -1.31. The van der Waals surface area contributed by atoms with Gasteiger partial charge in [0.15, 0.2) is 0 Å². The quantitative estimate of drug-likeness (QED) is 0.881. The van der Waals surface area contributed by atoms with Gasteiger partial charge >= 0.3 is 0 Å². The van der Waals surface area contributed by atoms with Crippen LogP contribution in [0.2, 0.25) is 5.02 Å².